The number of thioether (sulfide) groups is 1. The highest BCUT2D eigenvalue weighted by atomic mass is 79.9. The number of aromatic nitrogens is 3. The van der Waals surface area contributed by atoms with Crippen LogP contribution in [0.3, 0.4) is 0 Å². The molecule has 152 valence electrons. The maximum Gasteiger partial charge on any atom is 0.234 e. The van der Waals surface area contributed by atoms with Crippen LogP contribution in [0.1, 0.15) is 11.3 Å². The molecule has 0 spiro atoms. The van der Waals surface area contributed by atoms with Crippen LogP contribution in [-0.4, -0.2) is 26.6 Å². The predicted molar refractivity (Wildman–Crippen MR) is 123 cm³/mol. The Morgan fingerprint density at radius 3 is 2.67 bits per heavy atom. The highest BCUT2D eigenvalue weighted by molar-refractivity contribution is 9.10. The van der Waals surface area contributed by atoms with E-state index in [9.17, 15) is 4.79 Å². The summed E-state index contributed by atoms with van der Waals surface area (Å²) in [5, 5.41) is 3.55. The maximum absolute atomic E-state index is 12.3. The third kappa shape index (κ3) is 5.20. The summed E-state index contributed by atoms with van der Waals surface area (Å²) in [6.07, 6.45) is 0. The van der Waals surface area contributed by atoms with Crippen molar-refractivity contribution in [2.45, 2.75) is 18.7 Å². The Morgan fingerprint density at radius 1 is 1.13 bits per heavy atom. The number of carbonyl (C=O) groups excluding carboxylic acids is 1. The number of carbonyl (C=O) groups is 1. The number of halogens is 1. The first-order valence-electron chi connectivity index (χ1n) is 9.29. The fraction of sp³-hybridized carbons (Fsp3) is 0.136. The van der Waals surface area contributed by atoms with E-state index in [-0.39, 0.29) is 11.7 Å². The molecule has 0 saturated carbocycles. The number of aromatic amines is 1. The van der Waals surface area contributed by atoms with Crippen molar-refractivity contribution in [3.63, 3.8) is 0 Å². The van der Waals surface area contributed by atoms with Crippen molar-refractivity contribution < 1.29 is 9.53 Å². The average Bonchev–Trinajstić information content (AvgIpc) is 3.14. The number of nitrogens with zero attached hydrogens (tertiary/aromatic N) is 2. The number of hydrogen-bond acceptors (Lipinski definition) is 5. The minimum Gasteiger partial charge on any atom is -0.489 e. The number of benzene rings is 2. The van der Waals surface area contributed by atoms with Gasteiger partial charge in [0.15, 0.2) is 10.8 Å². The van der Waals surface area contributed by atoms with E-state index in [1.54, 1.807) is 0 Å². The molecule has 0 atom stereocenters. The van der Waals surface area contributed by atoms with Gasteiger partial charge in [-0.3, -0.25) is 4.79 Å². The number of rotatable bonds is 7. The minimum atomic E-state index is -0.108. The maximum atomic E-state index is 12.3. The van der Waals surface area contributed by atoms with E-state index in [2.05, 4.69) is 36.2 Å². The molecule has 2 aromatic heterocycles. The number of hydrogen-bond donors (Lipinski definition) is 2. The van der Waals surface area contributed by atoms with Gasteiger partial charge >= 0.3 is 0 Å². The fourth-order valence-corrected chi connectivity index (χ4v) is 3.75. The molecule has 0 radical (unpaired) electrons. The molecule has 0 aliphatic rings. The largest absolute Gasteiger partial charge is 0.489 e. The molecule has 30 heavy (non-hydrogen) atoms. The normalized spacial score (nSPS) is 10.9. The van der Waals surface area contributed by atoms with Gasteiger partial charge in [-0.2, -0.15) is 0 Å². The molecule has 0 bridgehead atoms. The summed E-state index contributed by atoms with van der Waals surface area (Å²) < 4.78 is 6.68. The van der Waals surface area contributed by atoms with Gasteiger partial charge in [-0.25, -0.2) is 9.97 Å². The Kier molecular flexibility index (Phi) is 6.35. The number of pyridine rings is 1. The van der Waals surface area contributed by atoms with Crippen molar-refractivity contribution >= 4 is 50.5 Å². The van der Waals surface area contributed by atoms with E-state index < -0.39 is 0 Å². The van der Waals surface area contributed by atoms with Crippen LogP contribution in [0, 0.1) is 6.92 Å². The lowest BCUT2D eigenvalue weighted by molar-refractivity contribution is -0.113. The smallest absolute Gasteiger partial charge is 0.234 e. The molecule has 0 aliphatic carbocycles. The summed E-state index contributed by atoms with van der Waals surface area (Å²) in [5.41, 5.74) is 4.18. The Hall–Kier alpha value is -2.84. The Morgan fingerprint density at radius 2 is 1.90 bits per heavy atom. The number of nitrogens with one attached hydrogen (secondary N) is 2. The first-order valence-corrected chi connectivity index (χ1v) is 11.1. The lowest BCUT2D eigenvalue weighted by Crippen LogP contribution is -2.14. The summed E-state index contributed by atoms with van der Waals surface area (Å²) in [4.78, 5) is 24.3. The van der Waals surface area contributed by atoms with Gasteiger partial charge < -0.3 is 15.0 Å². The Labute approximate surface area is 186 Å². The monoisotopic (exact) mass is 482 g/mol. The zero-order chi connectivity index (χ0) is 20.9. The van der Waals surface area contributed by atoms with Gasteiger partial charge in [-0.05, 0) is 58.7 Å². The number of anilines is 1. The molecular formula is C22H19BrN4O2S. The van der Waals surface area contributed by atoms with Crippen LogP contribution in [0.5, 0.6) is 5.75 Å². The van der Waals surface area contributed by atoms with Crippen molar-refractivity contribution in [2.24, 2.45) is 0 Å². The third-order valence-corrected chi connectivity index (χ3v) is 5.98. The molecule has 1 amide bonds. The number of H-pyrrole nitrogens is 1. The van der Waals surface area contributed by atoms with E-state index in [4.69, 9.17) is 4.74 Å². The molecule has 4 rings (SSSR count). The van der Waals surface area contributed by atoms with Gasteiger partial charge in [0.1, 0.15) is 12.4 Å². The SMILES string of the molecule is Cc1nc2nc(SCC(=O)Nc3ccc(OCc4ccccc4)cc3)[nH]c2cc1Br. The van der Waals surface area contributed by atoms with E-state index in [1.165, 1.54) is 11.8 Å². The summed E-state index contributed by atoms with van der Waals surface area (Å²) in [7, 11) is 0. The van der Waals surface area contributed by atoms with Gasteiger partial charge in [0.2, 0.25) is 5.91 Å². The second-order valence-corrected chi connectivity index (χ2v) is 8.42. The summed E-state index contributed by atoms with van der Waals surface area (Å²) in [6.45, 7) is 2.42. The van der Waals surface area contributed by atoms with Crippen LogP contribution >= 0.6 is 27.7 Å². The molecule has 2 aromatic carbocycles. The van der Waals surface area contributed by atoms with E-state index >= 15 is 0 Å². The van der Waals surface area contributed by atoms with Crippen LogP contribution in [0.4, 0.5) is 5.69 Å². The van der Waals surface area contributed by atoms with Crippen LogP contribution in [0.2, 0.25) is 0 Å². The number of imidazole rings is 1. The molecular weight excluding hydrogens is 464 g/mol. The molecule has 4 aromatic rings. The van der Waals surface area contributed by atoms with E-state index in [0.29, 0.717) is 17.4 Å². The molecule has 0 unspecified atom stereocenters. The first kappa shape index (κ1) is 20.4. The highest BCUT2D eigenvalue weighted by Gasteiger charge is 2.10. The number of fused-ring (bicyclic) bond motifs is 1. The third-order valence-electron chi connectivity index (χ3n) is 4.31. The van der Waals surface area contributed by atoms with Crippen molar-refractivity contribution in [2.75, 3.05) is 11.1 Å². The molecule has 0 fully saturated rings. The average molecular weight is 483 g/mol. The second-order valence-electron chi connectivity index (χ2n) is 6.60. The van der Waals surface area contributed by atoms with Gasteiger partial charge in [0, 0.05) is 10.2 Å². The van der Waals surface area contributed by atoms with Gasteiger partial charge in [-0.15, -0.1) is 0 Å². The molecule has 2 N–H and O–H groups in total. The lowest BCUT2D eigenvalue weighted by atomic mass is 10.2. The van der Waals surface area contributed by atoms with Crippen LogP contribution < -0.4 is 10.1 Å². The van der Waals surface area contributed by atoms with Crippen molar-refractivity contribution in [1.82, 2.24) is 15.0 Å². The number of ether oxygens (including phenoxy) is 1. The molecule has 6 nitrogen and oxygen atoms in total. The molecule has 8 heteroatoms. The van der Waals surface area contributed by atoms with Crippen molar-refractivity contribution in [1.29, 1.82) is 0 Å². The quantitative estimate of drug-likeness (QED) is 0.347. The van der Waals surface area contributed by atoms with Gasteiger partial charge in [0.05, 0.1) is 17.0 Å². The standard InChI is InChI=1S/C22H19BrN4O2S/c1-14-18(23)11-19-21(24-14)27-22(26-19)30-13-20(28)25-16-7-9-17(10-8-16)29-12-15-5-3-2-4-6-15/h2-11H,12-13H2,1H3,(H,25,28)(H,24,26,27). The molecule has 0 saturated heterocycles. The lowest BCUT2D eigenvalue weighted by Gasteiger charge is -2.08. The van der Waals surface area contributed by atoms with Gasteiger partial charge in [0.25, 0.3) is 0 Å². The molecule has 2 heterocycles. The fourth-order valence-electron chi connectivity index (χ4n) is 2.76. The van der Waals surface area contributed by atoms with E-state index in [0.717, 1.165) is 32.7 Å². The van der Waals surface area contributed by atoms with Crippen LogP contribution in [0.15, 0.2) is 70.3 Å². The van der Waals surface area contributed by atoms with E-state index in [1.807, 2.05) is 67.6 Å². The van der Waals surface area contributed by atoms with Crippen LogP contribution in [-0.2, 0) is 11.4 Å². The second kappa shape index (κ2) is 9.32. The Bertz CT molecular complexity index is 1120. The zero-order valence-corrected chi connectivity index (χ0v) is 18.6. The first-order chi connectivity index (χ1) is 14.6. The summed E-state index contributed by atoms with van der Waals surface area (Å²) in [6, 6.07) is 19.3. The van der Waals surface area contributed by atoms with Gasteiger partial charge in [-0.1, -0.05) is 42.1 Å². The van der Waals surface area contributed by atoms with Crippen molar-refractivity contribution in [3.05, 3.63) is 76.4 Å². The topological polar surface area (TPSA) is 79.9 Å². The highest BCUT2D eigenvalue weighted by Crippen LogP contribution is 2.23. The minimum absolute atomic E-state index is 0.108. The predicted octanol–water partition coefficient (Wildman–Crippen LogP) is 5.34. The number of aryl methyl sites for hydroxylation is 1. The van der Waals surface area contributed by atoms with Crippen LogP contribution in [0.25, 0.3) is 11.2 Å². The summed E-state index contributed by atoms with van der Waals surface area (Å²) in [5.74, 6) is 0.887. The Balaban J connectivity index is 1.28. The zero-order valence-electron chi connectivity index (χ0n) is 16.2. The number of amides is 1. The molecule has 0 aliphatic heterocycles. The van der Waals surface area contributed by atoms with Crippen molar-refractivity contribution in [3.8, 4) is 5.75 Å². The summed E-state index contributed by atoms with van der Waals surface area (Å²) >= 11 is 4.80.